The van der Waals surface area contributed by atoms with Gasteiger partial charge in [-0.15, -0.1) is 0 Å². The van der Waals surface area contributed by atoms with Gasteiger partial charge in [-0.2, -0.15) is 5.26 Å². The highest BCUT2D eigenvalue weighted by atomic mass is 35.5. The van der Waals surface area contributed by atoms with E-state index in [1.165, 1.54) is 6.07 Å². The van der Waals surface area contributed by atoms with Gasteiger partial charge in [0.15, 0.2) is 0 Å². The Kier molecular flexibility index (Phi) is 4.38. The molecule has 1 aromatic carbocycles. The Hall–Kier alpha value is -1.27. The minimum atomic E-state index is -0.390. The summed E-state index contributed by atoms with van der Waals surface area (Å²) in [5.74, 6) is -0.390. The smallest absolute Gasteiger partial charge is 0.147 e. The first kappa shape index (κ1) is 11.8. The monoisotopic (exact) mass is 226 g/mol. The standard InChI is InChI=1S/C11H12ClFN2/c1-2-8(6-7-14)15-11-9(12)4-3-5-10(11)13/h3-5,8,15H,2,6H2,1H3. The molecule has 0 amide bonds. The third-order valence-electron chi connectivity index (χ3n) is 2.14. The lowest BCUT2D eigenvalue weighted by molar-refractivity contribution is 0.621. The van der Waals surface area contributed by atoms with Crippen molar-refractivity contribution in [3.63, 3.8) is 0 Å². The zero-order chi connectivity index (χ0) is 11.3. The molecule has 0 aliphatic carbocycles. The van der Waals surface area contributed by atoms with Crippen molar-refractivity contribution in [2.75, 3.05) is 5.32 Å². The summed E-state index contributed by atoms with van der Waals surface area (Å²) >= 11 is 5.85. The minimum absolute atomic E-state index is 0.0654. The van der Waals surface area contributed by atoms with Gasteiger partial charge in [0.05, 0.1) is 23.2 Å². The fourth-order valence-electron chi connectivity index (χ4n) is 1.25. The summed E-state index contributed by atoms with van der Waals surface area (Å²) in [6.45, 7) is 1.93. The topological polar surface area (TPSA) is 35.8 Å². The number of anilines is 1. The van der Waals surface area contributed by atoms with Crippen LogP contribution < -0.4 is 5.32 Å². The van der Waals surface area contributed by atoms with E-state index in [4.69, 9.17) is 16.9 Å². The van der Waals surface area contributed by atoms with Crippen molar-refractivity contribution in [2.24, 2.45) is 0 Å². The van der Waals surface area contributed by atoms with Crippen LogP contribution in [0.25, 0.3) is 0 Å². The molecule has 80 valence electrons. The highest BCUT2D eigenvalue weighted by Gasteiger charge is 2.11. The maximum absolute atomic E-state index is 13.4. The average Bonchev–Trinajstić information content (AvgIpc) is 2.22. The van der Waals surface area contributed by atoms with Crippen LogP contribution in [0.3, 0.4) is 0 Å². The lowest BCUT2D eigenvalue weighted by atomic mass is 10.1. The van der Waals surface area contributed by atoms with Gasteiger partial charge in [0, 0.05) is 6.04 Å². The normalized spacial score (nSPS) is 11.9. The summed E-state index contributed by atoms with van der Waals surface area (Å²) in [5.41, 5.74) is 0.279. The van der Waals surface area contributed by atoms with E-state index in [1.54, 1.807) is 12.1 Å². The van der Waals surface area contributed by atoms with E-state index >= 15 is 0 Å². The molecule has 0 radical (unpaired) electrons. The Morgan fingerprint density at radius 3 is 2.87 bits per heavy atom. The predicted molar refractivity (Wildman–Crippen MR) is 59.3 cm³/mol. The van der Waals surface area contributed by atoms with Crippen molar-refractivity contribution >= 4 is 17.3 Å². The number of nitrogens with zero attached hydrogens (tertiary/aromatic N) is 1. The van der Waals surface area contributed by atoms with Crippen LogP contribution in [0, 0.1) is 17.1 Å². The molecule has 0 aromatic heterocycles. The summed E-state index contributed by atoms with van der Waals surface area (Å²) in [7, 11) is 0. The Morgan fingerprint density at radius 1 is 1.60 bits per heavy atom. The van der Waals surface area contributed by atoms with Crippen LogP contribution in [-0.4, -0.2) is 6.04 Å². The first-order valence-electron chi connectivity index (χ1n) is 4.76. The van der Waals surface area contributed by atoms with Crippen molar-refractivity contribution in [3.8, 4) is 6.07 Å². The second-order valence-electron chi connectivity index (χ2n) is 3.21. The summed E-state index contributed by atoms with van der Waals surface area (Å²) in [6, 6.07) is 6.49. The molecule has 0 fully saturated rings. The lowest BCUT2D eigenvalue weighted by Crippen LogP contribution is -2.18. The van der Waals surface area contributed by atoms with Crippen LogP contribution >= 0.6 is 11.6 Å². The molecule has 0 aliphatic heterocycles. The molecule has 2 nitrogen and oxygen atoms in total. The maximum Gasteiger partial charge on any atom is 0.147 e. The van der Waals surface area contributed by atoms with Crippen LogP contribution in [0.1, 0.15) is 19.8 Å². The van der Waals surface area contributed by atoms with Gasteiger partial charge in [-0.1, -0.05) is 24.6 Å². The molecular formula is C11H12ClFN2. The van der Waals surface area contributed by atoms with Gasteiger partial charge in [0.1, 0.15) is 5.82 Å². The van der Waals surface area contributed by atoms with E-state index in [0.717, 1.165) is 6.42 Å². The first-order valence-corrected chi connectivity index (χ1v) is 5.14. The zero-order valence-electron chi connectivity index (χ0n) is 8.43. The third-order valence-corrected chi connectivity index (χ3v) is 2.46. The second kappa shape index (κ2) is 5.57. The van der Waals surface area contributed by atoms with Crippen LogP contribution in [0.5, 0.6) is 0 Å². The SMILES string of the molecule is CCC(CC#N)Nc1c(F)cccc1Cl. The van der Waals surface area contributed by atoms with Gasteiger partial charge < -0.3 is 5.32 Å². The predicted octanol–water partition coefficient (Wildman–Crippen LogP) is 3.58. The lowest BCUT2D eigenvalue weighted by Gasteiger charge is -2.16. The molecule has 1 N–H and O–H groups in total. The molecule has 4 heteroatoms. The van der Waals surface area contributed by atoms with E-state index in [9.17, 15) is 4.39 Å². The van der Waals surface area contributed by atoms with E-state index in [-0.39, 0.29) is 17.5 Å². The van der Waals surface area contributed by atoms with Gasteiger partial charge in [0.25, 0.3) is 0 Å². The number of nitrogens with one attached hydrogen (secondary N) is 1. The quantitative estimate of drug-likeness (QED) is 0.852. The van der Waals surface area contributed by atoms with Gasteiger partial charge in [-0.25, -0.2) is 4.39 Å². The number of nitriles is 1. The summed E-state index contributed by atoms with van der Waals surface area (Å²) < 4.78 is 13.4. The number of para-hydroxylation sites is 1. The molecular weight excluding hydrogens is 215 g/mol. The molecule has 0 saturated heterocycles. The van der Waals surface area contributed by atoms with Crippen LogP contribution in [0.4, 0.5) is 10.1 Å². The average molecular weight is 227 g/mol. The molecule has 0 aliphatic rings. The number of hydrogen-bond donors (Lipinski definition) is 1. The fourth-order valence-corrected chi connectivity index (χ4v) is 1.47. The largest absolute Gasteiger partial charge is 0.378 e. The minimum Gasteiger partial charge on any atom is -0.378 e. The third kappa shape index (κ3) is 3.10. The first-order chi connectivity index (χ1) is 7.19. The summed E-state index contributed by atoms with van der Waals surface area (Å²) in [4.78, 5) is 0. The molecule has 0 bridgehead atoms. The van der Waals surface area contributed by atoms with E-state index in [2.05, 4.69) is 5.32 Å². The summed E-state index contributed by atoms with van der Waals surface area (Å²) in [5, 5.41) is 11.8. The van der Waals surface area contributed by atoms with Crippen molar-refractivity contribution < 1.29 is 4.39 Å². The maximum atomic E-state index is 13.4. The number of hydrogen-bond acceptors (Lipinski definition) is 2. The highest BCUT2D eigenvalue weighted by Crippen LogP contribution is 2.26. The Balaban J connectivity index is 2.83. The van der Waals surface area contributed by atoms with Crippen molar-refractivity contribution in [2.45, 2.75) is 25.8 Å². The van der Waals surface area contributed by atoms with E-state index < -0.39 is 0 Å². The highest BCUT2D eigenvalue weighted by molar-refractivity contribution is 6.33. The molecule has 1 aromatic rings. The van der Waals surface area contributed by atoms with Gasteiger partial charge >= 0.3 is 0 Å². The summed E-state index contributed by atoms with van der Waals surface area (Å²) in [6.07, 6.45) is 1.08. The van der Waals surface area contributed by atoms with Crippen molar-refractivity contribution in [1.29, 1.82) is 5.26 Å². The van der Waals surface area contributed by atoms with Crippen LogP contribution in [0.2, 0.25) is 5.02 Å². The second-order valence-corrected chi connectivity index (χ2v) is 3.62. The molecule has 0 saturated carbocycles. The Morgan fingerprint density at radius 2 is 2.33 bits per heavy atom. The molecule has 1 atom stereocenters. The molecule has 0 spiro atoms. The number of halogens is 2. The van der Waals surface area contributed by atoms with Gasteiger partial charge in [-0.05, 0) is 18.6 Å². The Bertz CT molecular complexity index is 353. The van der Waals surface area contributed by atoms with Gasteiger partial charge in [-0.3, -0.25) is 0 Å². The number of rotatable bonds is 4. The van der Waals surface area contributed by atoms with Crippen LogP contribution in [-0.2, 0) is 0 Å². The van der Waals surface area contributed by atoms with Gasteiger partial charge in [0.2, 0.25) is 0 Å². The van der Waals surface area contributed by atoms with E-state index in [1.807, 2.05) is 13.0 Å². The molecule has 1 unspecified atom stereocenters. The van der Waals surface area contributed by atoms with Crippen molar-refractivity contribution in [1.82, 2.24) is 0 Å². The number of benzene rings is 1. The fraction of sp³-hybridized carbons (Fsp3) is 0.364. The van der Waals surface area contributed by atoms with Crippen LogP contribution in [0.15, 0.2) is 18.2 Å². The molecule has 15 heavy (non-hydrogen) atoms. The molecule has 0 heterocycles. The molecule has 1 rings (SSSR count). The Labute approximate surface area is 93.7 Å². The van der Waals surface area contributed by atoms with Crippen molar-refractivity contribution in [3.05, 3.63) is 29.0 Å². The zero-order valence-corrected chi connectivity index (χ0v) is 9.18. The van der Waals surface area contributed by atoms with E-state index in [0.29, 0.717) is 11.4 Å².